The third-order valence-electron chi connectivity index (χ3n) is 1.69. The number of morpholine rings is 1. The van der Waals surface area contributed by atoms with Gasteiger partial charge >= 0.3 is 0 Å². The van der Waals surface area contributed by atoms with E-state index in [4.69, 9.17) is 4.74 Å². The van der Waals surface area contributed by atoms with Crippen LogP contribution in [0.5, 0.6) is 0 Å². The molecular formula is C7H13NO2S. The van der Waals surface area contributed by atoms with E-state index in [9.17, 15) is 4.79 Å². The Bertz CT molecular complexity index is 134. The van der Waals surface area contributed by atoms with Gasteiger partial charge in [0.25, 0.3) is 0 Å². The number of thiol groups is 1. The van der Waals surface area contributed by atoms with Gasteiger partial charge in [-0.3, -0.25) is 4.79 Å². The molecule has 0 radical (unpaired) electrons. The fraction of sp³-hybridized carbons (Fsp3) is 0.857. The number of hydrogen-bond donors (Lipinski definition) is 1. The zero-order chi connectivity index (χ0) is 8.10. The Kier molecular flexibility index (Phi) is 3.72. The summed E-state index contributed by atoms with van der Waals surface area (Å²) >= 11 is 4.00. The van der Waals surface area contributed by atoms with E-state index >= 15 is 0 Å². The second kappa shape index (κ2) is 4.62. The molecule has 0 bridgehead atoms. The average molecular weight is 175 g/mol. The topological polar surface area (TPSA) is 29.5 Å². The number of amides is 1. The first-order valence-electron chi connectivity index (χ1n) is 3.81. The van der Waals surface area contributed by atoms with Crippen molar-refractivity contribution in [3.8, 4) is 0 Å². The maximum absolute atomic E-state index is 11.2. The van der Waals surface area contributed by atoms with Crippen LogP contribution >= 0.6 is 12.6 Å². The first-order chi connectivity index (χ1) is 5.34. The monoisotopic (exact) mass is 175 g/mol. The molecular weight excluding hydrogens is 162 g/mol. The quantitative estimate of drug-likeness (QED) is 0.606. The molecule has 11 heavy (non-hydrogen) atoms. The van der Waals surface area contributed by atoms with E-state index in [0.717, 1.165) is 13.1 Å². The highest BCUT2D eigenvalue weighted by Gasteiger charge is 2.14. The smallest absolute Gasteiger partial charge is 0.223 e. The maximum atomic E-state index is 11.2. The first-order valence-corrected chi connectivity index (χ1v) is 4.44. The van der Waals surface area contributed by atoms with Crippen molar-refractivity contribution < 1.29 is 9.53 Å². The lowest BCUT2D eigenvalue weighted by Gasteiger charge is -2.26. The van der Waals surface area contributed by atoms with Gasteiger partial charge in [-0.1, -0.05) is 0 Å². The highest BCUT2D eigenvalue weighted by molar-refractivity contribution is 7.80. The van der Waals surface area contributed by atoms with Crippen LogP contribution in [-0.4, -0.2) is 42.9 Å². The molecule has 0 aromatic rings. The van der Waals surface area contributed by atoms with Crippen LogP contribution in [0.4, 0.5) is 0 Å². The predicted octanol–water partition coefficient (Wildman–Crippen LogP) is 0.165. The minimum Gasteiger partial charge on any atom is -0.378 e. The molecule has 1 heterocycles. The van der Waals surface area contributed by atoms with Gasteiger partial charge in [0.2, 0.25) is 5.91 Å². The fourth-order valence-corrected chi connectivity index (χ4v) is 1.26. The van der Waals surface area contributed by atoms with Gasteiger partial charge in [0, 0.05) is 19.5 Å². The zero-order valence-electron chi connectivity index (χ0n) is 6.45. The molecule has 64 valence electrons. The van der Waals surface area contributed by atoms with Crippen molar-refractivity contribution in [2.24, 2.45) is 0 Å². The molecule has 1 rings (SSSR count). The third-order valence-corrected chi connectivity index (χ3v) is 1.91. The maximum Gasteiger partial charge on any atom is 0.223 e. The average Bonchev–Trinajstić information content (AvgIpc) is 2.07. The highest BCUT2D eigenvalue weighted by atomic mass is 32.1. The lowest BCUT2D eigenvalue weighted by Crippen LogP contribution is -2.40. The van der Waals surface area contributed by atoms with Gasteiger partial charge in [-0.25, -0.2) is 0 Å². The molecule has 1 amide bonds. The van der Waals surface area contributed by atoms with Gasteiger partial charge < -0.3 is 9.64 Å². The normalized spacial score (nSPS) is 18.5. The number of rotatable bonds is 2. The van der Waals surface area contributed by atoms with Crippen LogP contribution in [0.1, 0.15) is 6.42 Å². The number of nitrogens with zero attached hydrogens (tertiary/aromatic N) is 1. The molecule has 1 fully saturated rings. The fourth-order valence-electron chi connectivity index (χ4n) is 1.07. The van der Waals surface area contributed by atoms with E-state index in [0.29, 0.717) is 25.4 Å². The summed E-state index contributed by atoms with van der Waals surface area (Å²) in [4.78, 5) is 13.1. The Morgan fingerprint density at radius 1 is 1.45 bits per heavy atom. The highest BCUT2D eigenvalue weighted by Crippen LogP contribution is 2.00. The second-order valence-corrected chi connectivity index (χ2v) is 2.91. The molecule has 0 aromatic heterocycles. The van der Waals surface area contributed by atoms with Crippen LogP contribution in [0.3, 0.4) is 0 Å². The summed E-state index contributed by atoms with van der Waals surface area (Å²) in [6, 6.07) is 0. The van der Waals surface area contributed by atoms with Crippen molar-refractivity contribution in [1.82, 2.24) is 4.90 Å². The van der Waals surface area contributed by atoms with Crippen molar-refractivity contribution in [1.29, 1.82) is 0 Å². The molecule has 0 saturated carbocycles. The molecule has 1 aliphatic rings. The van der Waals surface area contributed by atoms with Crippen molar-refractivity contribution in [3.05, 3.63) is 0 Å². The second-order valence-electron chi connectivity index (χ2n) is 2.47. The van der Waals surface area contributed by atoms with E-state index in [2.05, 4.69) is 12.6 Å². The Labute approximate surface area is 72.1 Å². The minimum atomic E-state index is 0.198. The molecule has 0 aromatic carbocycles. The predicted molar refractivity (Wildman–Crippen MR) is 45.9 cm³/mol. The molecule has 1 aliphatic heterocycles. The van der Waals surface area contributed by atoms with Crippen LogP contribution in [0, 0.1) is 0 Å². The van der Waals surface area contributed by atoms with Crippen LogP contribution in [0.25, 0.3) is 0 Å². The summed E-state index contributed by atoms with van der Waals surface area (Å²) in [5.41, 5.74) is 0. The summed E-state index contributed by atoms with van der Waals surface area (Å²) in [6.45, 7) is 2.84. The van der Waals surface area contributed by atoms with Gasteiger partial charge in [0.05, 0.1) is 13.2 Å². The molecule has 3 nitrogen and oxygen atoms in total. The molecule has 0 N–H and O–H groups in total. The first kappa shape index (κ1) is 8.87. The molecule has 0 atom stereocenters. The Hall–Kier alpha value is -0.220. The summed E-state index contributed by atoms with van der Waals surface area (Å²) in [5, 5.41) is 0. The van der Waals surface area contributed by atoms with Gasteiger partial charge in [-0.2, -0.15) is 12.6 Å². The number of hydrogen-bond acceptors (Lipinski definition) is 3. The third kappa shape index (κ3) is 2.71. The van der Waals surface area contributed by atoms with Gasteiger partial charge in [-0.15, -0.1) is 0 Å². The molecule has 0 unspecified atom stereocenters. The Morgan fingerprint density at radius 2 is 2.09 bits per heavy atom. The van der Waals surface area contributed by atoms with Crippen LogP contribution in [0.15, 0.2) is 0 Å². The van der Waals surface area contributed by atoms with Crippen molar-refractivity contribution >= 4 is 18.5 Å². The van der Waals surface area contributed by atoms with Crippen molar-refractivity contribution in [3.63, 3.8) is 0 Å². The Morgan fingerprint density at radius 3 is 2.64 bits per heavy atom. The Balaban J connectivity index is 2.27. The number of carbonyl (C=O) groups excluding carboxylic acids is 1. The van der Waals surface area contributed by atoms with E-state index in [1.54, 1.807) is 0 Å². The van der Waals surface area contributed by atoms with E-state index in [1.807, 2.05) is 4.90 Å². The molecule has 1 saturated heterocycles. The zero-order valence-corrected chi connectivity index (χ0v) is 7.35. The lowest BCUT2D eigenvalue weighted by atomic mass is 10.3. The van der Waals surface area contributed by atoms with Crippen molar-refractivity contribution in [2.75, 3.05) is 32.1 Å². The van der Waals surface area contributed by atoms with Crippen LogP contribution in [0.2, 0.25) is 0 Å². The van der Waals surface area contributed by atoms with E-state index in [1.165, 1.54) is 0 Å². The summed E-state index contributed by atoms with van der Waals surface area (Å²) in [7, 11) is 0. The summed E-state index contributed by atoms with van der Waals surface area (Å²) < 4.78 is 5.12. The molecule has 0 aliphatic carbocycles. The summed E-state index contributed by atoms with van der Waals surface area (Å²) in [5.74, 6) is 0.833. The van der Waals surface area contributed by atoms with Crippen LogP contribution < -0.4 is 0 Å². The van der Waals surface area contributed by atoms with Gasteiger partial charge in [-0.05, 0) is 5.75 Å². The van der Waals surface area contributed by atoms with Gasteiger partial charge in [0.1, 0.15) is 0 Å². The molecule has 4 heteroatoms. The SMILES string of the molecule is O=C(CCS)N1CCOCC1. The van der Waals surface area contributed by atoms with Gasteiger partial charge in [0.15, 0.2) is 0 Å². The number of ether oxygens (including phenoxy) is 1. The number of carbonyl (C=O) groups is 1. The largest absolute Gasteiger partial charge is 0.378 e. The van der Waals surface area contributed by atoms with Crippen molar-refractivity contribution in [2.45, 2.75) is 6.42 Å². The van der Waals surface area contributed by atoms with Crippen LogP contribution in [-0.2, 0) is 9.53 Å². The van der Waals surface area contributed by atoms with E-state index < -0.39 is 0 Å². The standard InChI is InChI=1S/C7H13NO2S/c9-7(1-6-11)8-2-4-10-5-3-8/h11H,1-6H2. The minimum absolute atomic E-state index is 0.198. The van der Waals surface area contributed by atoms with E-state index in [-0.39, 0.29) is 5.91 Å². The lowest BCUT2D eigenvalue weighted by molar-refractivity contribution is -0.134. The molecule has 0 spiro atoms. The summed E-state index contributed by atoms with van der Waals surface area (Å²) in [6.07, 6.45) is 0.545.